The molecule has 27 heavy (non-hydrogen) atoms. The van der Waals surface area contributed by atoms with Gasteiger partial charge in [-0.2, -0.15) is 0 Å². The Labute approximate surface area is 157 Å². The molecule has 1 fully saturated rings. The van der Waals surface area contributed by atoms with Gasteiger partial charge in [-0.1, -0.05) is 18.2 Å². The number of hydrogen-bond acceptors (Lipinski definition) is 6. The molecule has 4 amide bonds. The van der Waals surface area contributed by atoms with Crippen molar-refractivity contribution in [3.63, 3.8) is 0 Å². The molecule has 0 bridgehead atoms. The lowest BCUT2D eigenvalue weighted by molar-refractivity contribution is -0.122. The number of benzene rings is 2. The molecule has 2 aromatic rings. The number of anilines is 2. The first-order chi connectivity index (χ1) is 12.9. The number of para-hydroxylation sites is 1. The second kappa shape index (κ2) is 6.10. The summed E-state index contributed by atoms with van der Waals surface area (Å²) >= 11 is 0.655. The first-order valence-electron chi connectivity index (χ1n) is 7.94. The topological polar surface area (TPSA) is 95.0 Å². The third-order valence-electron chi connectivity index (χ3n) is 4.25. The van der Waals surface area contributed by atoms with Gasteiger partial charge in [0, 0.05) is 12.5 Å². The maximum Gasteiger partial charge on any atom is 0.298 e. The molecular formula is C19H12N2O5S. The molecule has 8 heteroatoms. The Balaban J connectivity index is 1.85. The highest BCUT2D eigenvalue weighted by Gasteiger charge is 2.44. The van der Waals surface area contributed by atoms with Crippen molar-refractivity contribution < 1.29 is 24.3 Å². The Morgan fingerprint density at radius 2 is 1.63 bits per heavy atom. The van der Waals surface area contributed by atoms with Gasteiger partial charge in [0.15, 0.2) is 0 Å². The van der Waals surface area contributed by atoms with E-state index in [1.807, 2.05) is 0 Å². The summed E-state index contributed by atoms with van der Waals surface area (Å²) in [6.45, 7) is 1.26. The molecule has 0 unspecified atom stereocenters. The molecule has 2 aliphatic rings. The highest BCUT2D eigenvalue weighted by atomic mass is 32.2. The van der Waals surface area contributed by atoms with Gasteiger partial charge in [-0.3, -0.25) is 19.2 Å². The van der Waals surface area contributed by atoms with Gasteiger partial charge in [-0.05, 0) is 42.1 Å². The number of phenolic OH excluding ortho intramolecular Hbond substituents is 1. The third-order valence-corrected chi connectivity index (χ3v) is 5.19. The minimum Gasteiger partial charge on any atom is -0.508 e. The van der Waals surface area contributed by atoms with Crippen molar-refractivity contribution in [2.75, 3.05) is 9.80 Å². The van der Waals surface area contributed by atoms with E-state index in [9.17, 15) is 24.3 Å². The molecule has 7 nitrogen and oxygen atoms in total. The molecular weight excluding hydrogens is 368 g/mol. The maximum atomic E-state index is 12.9. The highest BCUT2D eigenvalue weighted by Crippen LogP contribution is 2.45. The third kappa shape index (κ3) is 2.53. The molecule has 0 aliphatic carbocycles. The minimum absolute atomic E-state index is 0.000995. The van der Waals surface area contributed by atoms with Crippen LogP contribution in [0, 0.1) is 0 Å². The Kier molecular flexibility index (Phi) is 3.85. The smallest absolute Gasteiger partial charge is 0.298 e. The molecule has 0 atom stereocenters. The quantitative estimate of drug-likeness (QED) is 0.765. The summed E-state index contributed by atoms with van der Waals surface area (Å²) in [5.74, 6) is -1.74. The Morgan fingerprint density at radius 1 is 0.963 bits per heavy atom. The number of thioether (sulfide) groups is 1. The fourth-order valence-corrected chi connectivity index (χ4v) is 4.02. The monoisotopic (exact) mass is 380 g/mol. The van der Waals surface area contributed by atoms with Crippen molar-refractivity contribution in [3.8, 4) is 5.75 Å². The standard InChI is InChI=1S/C19H12N2O5S/c1-10(22)20-14-5-3-2-4-13(14)15(17(20)24)16-18(25)21(19(26)27-16)11-6-8-12(23)9-7-11/h2-9,23H,1H3/b16-15-. The molecule has 0 spiro atoms. The summed E-state index contributed by atoms with van der Waals surface area (Å²) in [7, 11) is 0. The molecule has 134 valence electrons. The number of aromatic hydroxyl groups is 1. The number of carbonyl (C=O) groups is 4. The zero-order chi connectivity index (χ0) is 19.3. The lowest BCUT2D eigenvalue weighted by atomic mass is 10.1. The molecule has 1 saturated heterocycles. The van der Waals surface area contributed by atoms with Gasteiger partial charge in [0.1, 0.15) is 5.75 Å². The van der Waals surface area contributed by atoms with E-state index in [-0.39, 0.29) is 21.9 Å². The second-order valence-corrected chi connectivity index (χ2v) is 6.87. The lowest BCUT2D eigenvalue weighted by Gasteiger charge is -2.12. The van der Waals surface area contributed by atoms with Gasteiger partial charge in [0.05, 0.1) is 21.9 Å². The van der Waals surface area contributed by atoms with Crippen LogP contribution in [0.1, 0.15) is 12.5 Å². The van der Waals surface area contributed by atoms with E-state index < -0.39 is 23.0 Å². The number of amides is 4. The maximum absolute atomic E-state index is 12.9. The van der Waals surface area contributed by atoms with Crippen LogP contribution in [0.15, 0.2) is 53.4 Å². The summed E-state index contributed by atoms with van der Waals surface area (Å²) in [5.41, 5.74) is 1.16. The van der Waals surface area contributed by atoms with Crippen molar-refractivity contribution in [1.82, 2.24) is 0 Å². The normalized spacial score (nSPS) is 19.1. The SMILES string of the molecule is CC(=O)N1C(=O)/C(=C2\SC(=O)N(c3ccc(O)cc3)C2=O)c2ccccc21. The number of phenols is 1. The van der Waals surface area contributed by atoms with Crippen LogP contribution in [0.2, 0.25) is 0 Å². The molecule has 2 heterocycles. The first-order valence-corrected chi connectivity index (χ1v) is 8.76. The molecule has 2 aromatic carbocycles. The summed E-state index contributed by atoms with van der Waals surface area (Å²) in [4.78, 5) is 52.1. The summed E-state index contributed by atoms with van der Waals surface area (Å²) in [6.07, 6.45) is 0. The van der Waals surface area contributed by atoms with Crippen molar-refractivity contribution in [2.24, 2.45) is 0 Å². The van der Waals surface area contributed by atoms with E-state index in [4.69, 9.17) is 0 Å². The average molecular weight is 380 g/mol. The van der Waals surface area contributed by atoms with Crippen LogP contribution in [-0.4, -0.2) is 28.1 Å². The molecule has 1 N–H and O–H groups in total. The van der Waals surface area contributed by atoms with Crippen LogP contribution in [-0.2, 0) is 14.4 Å². The lowest BCUT2D eigenvalue weighted by Crippen LogP contribution is -2.32. The van der Waals surface area contributed by atoms with Crippen molar-refractivity contribution in [3.05, 3.63) is 59.0 Å². The van der Waals surface area contributed by atoms with Gasteiger partial charge >= 0.3 is 0 Å². The zero-order valence-corrected chi connectivity index (χ0v) is 14.8. The predicted octanol–water partition coefficient (Wildman–Crippen LogP) is 2.90. The van der Waals surface area contributed by atoms with E-state index in [0.717, 1.165) is 9.80 Å². The van der Waals surface area contributed by atoms with Crippen LogP contribution in [0.4, 0.5) is 16.2 Å². The van der Waals surface area contributed by atoms with Crippen LogP contribution in [0.5, 0.6) is 5.75 Å². The van der Waals surface area contributed by atoms with Crippen molar-refractivity contribution >= 4 is 51.7 Å². The molecule has 0 saturated carbocycles. The number of hydrogen-bond donors (Lipinski definition) is 1. The number of fused-ring (bicyclic) bond motifs is 1. The number of imide groups is 2. The highest BCUT2D eigenvalue weighted by molar-refractivity contribution is 8.19. The van der Waals surface area contributed by atoms with E-state index in [0.29, 0.717) is 23.0 Å². The average Bonchev–Trinajstić information content (AvgIpc) is 3.08. The Morgan fingerprint density at radius 3 is 2.30 bits per heavy atom. The summed E-state index contributed by atoms with van der Waals surface area (Å²) in [5, 5.41) is 8.84. The summed E-state index contributed by atoms with van der Waals surface area (Å²) in [6, 6.07) is 12.2. The molecule has 2 aliphatic heterocycles. The predicted molar refractivity (Wildman–Crippen MR) is 100 cm³/mol. The zero-order valence-electron chi connectivity index (χ0n) is 14.0. The molecule has 0 aromatic heterocycles. The van der Waals surface area contributed by atoms with E-state index >= 15 is 0 Å². The van der Waals surface area contributed by atoms with Crippen LogP contribution >= 0.6 is 11.8 Å². The van der Waals surface area contributed by atoms with E-state index in [1.165, 1.54) is 31.2 Å². The van der Waals surface area contributed by atoms with Crippen molar-refractivity contribution in [1.29, 1.82) is 0 Å². The number of carbonyl (C=O) groups excluding carboxylic acids is 4. The fourth-order valence-electron chi connectivity index (χ4n) is 3.09. The molecule has 4 rings (SSSR count). The Bertz CT molecular complexity index is 1060. The van der Waals surface area contributed by atoms with E-state index in [1.54, 1.807) is 24.3 Å². The number of rotatable bonds is 1. The van der Waals surface area contributed by atoms with Gasteiger partial charge < -0.3 is 5.11 Å². The molecule has 0 radical (unpaired) electrons. The van der Waals surface area contributed by atoms with Crippen molar-refractivity contribution in [2.45, 2.75) is 6.92 Å². The minimum atomic E-state index is -0.640. The van der Waals surface area contributed by atoms with E-state index in [2.05, 4.69) is 0 Å². The van der Waals surface area contributed by atoms with Gasteiger partial charge in [0.2, 0.25) is 5.91 Å². The number of nitrogens with zero attached hydrogens (tertiary/aromatic N) is 2. The second-order valence-electron chi connectivity index (χ2n) is 5.91. The first kappa shape index (κ1) is 17.0. The summed E-state index contributed by atoms with van der Waals surface area (Å²) < 4.78 is 0. The van der Waals surface area contributed by atoms with Gasteiger partial charge in [-0.15, -0.1) is 0 Å². The largest absolute Gasteiger partial charge is 0.508 e. The van der Waals surface area contributed by atoms with Gasteiger partial charge in [0.25, 0.3) is 17.1 Å². The van der Waals surface area contributed by atoms with Crippen LogP contribution in [0.25, 0.3) is 5.57 Å². The van der Waals surface area contributed by atoms with Crippen LogP contribution < -0.4 is 9.80 Å². The van der Waals surface area contributed by atoms with Crippen LogP contribution in [0.3, 0.4) is 0 Å². The Hall–Kier alpha value is -3.39. The fraction of sp³-hybridized carbons (Fsp3) is 0.0526. The van der Waals surface area contributed by atoms with Gasteiger partial charge in [-0.25, -0.2) is 9.80 Å².